The summed E-state index contributed by atoms with van der Waals surface area (Å²) in [6, 6.07) is 5.68. The van der Waals surface area contributed by atoms with Crippen molar-refractivity contribution in [3.05, 3.63) is 35.1 Å². The highest BCUT2D eigenvalue weighted by atomic mass is 35.5. The van der Waals surface area contributed by atoms with E-state index in [0.29, 0.717) is 6.04 Å². The molecule has 1 fully saturated rings. The monoisotopic (exact) mass is 283 g/mol. The molecular weight excluding hydrogens is 261 g/mol. The minimum absolute atomic E-state index is 0.147. The average molecular weight is 284 g/mol. The average Bonchev–Trinajstić information content (AvgIpc) is 2.34. The fourth-order valence-corrected chi connectivity index (χ4v) is 3.17. The molecule has 0 aromatic heterocycles. The maximum Gasteiger partial charge on any atom is 0.123 e. The van der Waals surface area contributed by atoms with Crippen LogP contribution in [0, 0.1) is 12.7 Å². The topological polar surface area (TPSA) is 3.24 Å². The van der Waals surface area contributed by atoms with E-state index in [9.17, 15) is 4.39 Å². The second-order valence-corrected chi connectivity index (χ2v) is 6.45. The normalized spacial score (nSPS) is 22.4. The lowest BCUT2D eigenvalue weighted by Crippen LogP contribution is -2.40. The van der Waals surface area contributed by atoms with Crippen LogP contribution in [0.5, 0.6) is 0 Å². The van der Waals surface area contributed by atoms with Gasteiger partial charge in [0.25, 0.3) is 0 Å². The predicted octanol–water partition coefficient (Wildman–Crippen LogP) is 4.51. The third kappa shape index (κ3) is 4.19. The maximum atomic E-state index is 13.1. The van der Waals surface area contributed by atoms with Gasteiger partial charge in [-0.15, -0.1) is 11.6 Å². The minimum atomic E-state index is -0.147. The number of nitrogens with zero attached hydrogens (tertiary/aromatic N) is 1. The highest BCUT2D eigenvalue weighted by molar-refractivity contribution is 6.20. The first-order chi connectivity index (χ1) is 9.06. The molecule has 0 bridgehead atoms. The van der Waals surface area contributed by atoms with Crippen molar-refractivity contribution in [2.75, 3.05) is 6.54 Å². The zero-order valence-corrected chi connectivity index (χ0v) is 12.6. The van der Waals surface area contributed by atoms with Gasteiger partial charge in [-0.25, -0.2) is 4.39 Å². The fraction of sp³-hybridized carbons (Fsp3) is 0.625. The van der Waals surface area contributed by atoms with Crippen molar-refractivity contribution in [3.8, 4) is 0 Å². The van der Waals surface area contributed by atoms with Crippen LogP contribution in [-0.2, 0) is 6.54 Å². The lowest BCUT2D eigenvalue weighted by Gasteiger charge is -2.36. The number of alkyl halides is 1. The number of piperidine rings is 1. The number of rotatable bonds is 4. The summed E-state index contributed by atoms with van der Waals surface area (Å²) in [7, 11) is 0. The van der Waals surface area contributed by atoms with Crippen molar-refractivity contribution in [1.29, 1.82) is 0 Å². The third-order valence-corrected chi connectivity index (χ3v) is 4.20. The summed E-state index contributed by atoms with van der Waals surface area (Å²) in [5.74, 6) is -0.147. The van der Waals surface area contributed by atoms with Gasteiger partial charge in [0.2, 0.25) is 0 Å². The van der Waals surface area contributed by atoms with Gasteiger partial charge in [0.05, 0.1) is 0 Å². The van der Waals surface area contributed by atoms with Gasteiger partial charge in [-0.1, -0.05) is 12.5 Å². The van der Waals surface area contributed by atoms with Crippen LogP contribution < -0.4 is 0 Å². The molecule has 1 aliphatic heterocycles. The van der Waals surface area contributed by atoms with E-state index in [1.54, 1.807) is 12.1 Å². The lowest BCUT2D eigenvalue weighted by atomic mass is 9.96. The quantitative estimate of drug-likeness (QED) is 0.735. The van der Waals surface area contributed by atoms with Gasteiger partial charge in [0, 0.05) is 18.0 Å². The number of hydrogen-bond acceptors (Lipinski definition) is 1. The summed E-state index contributed by atoms with van der Waals surface area (Å²) in [5, 5.41) is 0.222. The SMILES string of the molecule is Cc1cc(F)ccc1CN1CCCCC1CC(C)Cl. The number of aryl methyl sites for hydroxylation is 1. The Morgan fingerprint density at radius 2 is 2.21 bits per heavy atom. The standard InChI is InChI=1S/C16H23ClFN/c1-12-9-15(18)7-6-14(12)11-19-8-4-3-5-16(19)10-13(2)17/h6-7,9,13,16H,3-5,8,10-11H2,1-2H3. The van der Waals surface area contributed by atoms with E-state index in [1.807, 2.05) is 13.0 Å². The first-order valence-corrected chi connectivity index (χ1v) is 7.63. The molecule has 1 aromatic rings. The van der Waals surface area contributed by atoms with Crippen LogP contribution in [-0.4, -0.2) is 22.9 Å². The predicted molar refractivity (Wildman–Crippen MR) is 79.1 cm³/mol. The molecule has 2 unspecified atom stereocenters. The molecule has 0 N–H and O–H groups in total. The Bertz CT molecular complexity index is 419. The molecule has 1 saturated heterocycles. The molecule has 3 heteroatoms. The summed E-state index contributed by atoms with van der Waals surface area (Å²) >= 11 is 6.16. The van der Waals surface area contributed by atoms with Gasteiger partial charge in [0.1, 0.15) is 5.82 Å². The molecule has 0 radical (unpaired) electrons. The van der Waals surface area contributed by atoms with E-state index in [0.717, 1.165) is 25.1 Å². The molecule has 1 aromatic carbocycles. The second-order valence-electron chi connectivity index (χ2n) is 5.71. The molecule has 0 aliphatic carbocycles. The van der Waals surface area contributed by atoms with Gasteiger partial charge in [0.15, 0.2) is 0 Å². The van der Waals surface area contributed by atoms with Crippen LogP contribution in [0.1, 0.15) is 43.7 Å². The first-order valence-electron chi connectivity index (χ1n) is 7.19. The van der Waals surface area contributed by atoms with E-state index >= 15 is 0 Å². The number of likely N-dealkylation sites (tertiary alicyclic amines) is 1. The van der Waals surface area contributed by atoms with Gasteiger partial charge in [-0.3, -0.25) is 4.90 Å². The van der Waals surface area contributed by atoms with E-state index in [4.69, 9.17) is 11.6 Å². The van der Waals surface area contributed by atoms with E-state index in [2.05, 4.69) is 11.8 Å². The zero-order valence-electron chi connectivity index (χ0n) is 11.8. The van der Waals surface area contributed by atoms with Gasteiger partial charge in [-0.05, 0) is 62.9 Å². The number of benzene rings is 1. The Kier molecular flexibility index (Phi) is 5.23. The molecule has 1 aliphatic rings. The van der Waals surface area contributed by atoms with Crippen molar-refractivity contribution >= 4 is 11.6 Å². The molecule has 1 heterocycles. The Morgan fingerprint density at radius 1 is 1.42 bits per heavy atom. The van der Waals surface area contributed by atoms with Crippen molar-refractivity contribution in [2.45, 2.75) is 57.5 Å². The van der Waals surface area contributed by atoms with E-state index in [-0.39, 0.29) is 11.2 Å². The van der Waals surface area contributed by atoms with Crippen molar-refractivity contribution in [1.82, 2.24) is 4.90 Å². The van der Waals surface area contributed by atoms with Gasteiger partial charge >= 0.3 is 0 Å². The molecule has 19 heavy (non-hydrogen) atoms. The lowest BCUT2D eigenvalue weighted by molar-refractivity contribution is 0.132. The molecular formula is C16H23ClFN. The van der Waals surface area contributed by atoms with Crippen LogP contribution >= 0.6 is 11.6 Å². The van der Waals surface area contributed by atoms with Crippen molar-refractivity contribution < 1.29 is 4.39 Å². The largest absolute Gasteiger partial charge is 0.296 e. The van der Waals surface area contributed by atoms with Crippen LogP contribution in [0.2, 0.25) is 0 Å². The molecule has 2 atom stereocenters. The Hall–Kier alpha value is -0.600. The third-order valence-electron chi connectivity index (χ3n) is 4.02. The molecule has 0 saturated carbocycles. The molecule has 0 spiro atoms. The van der Waals surface area contributed by atoms with Crippen LogP contribution in [0.3, 0.4) is 0 Å². The van der Waals surface area contributed by atoms with Gasteiger partial charge < -0.3 is 0 Å². The van der Waals surface area contributed by atoms with E-state index in [1.165, 1.54) is 24.8 Å². The van der Waals surface area contributed by atoms with Crippen LogP contribution in [0.4, 0.5) is 4.39 Å². The zero-order chi connectivity index (χ0) is 13.8. The van der Waals surface area contributed by atoms with Crippen LogP contribution in [0.25, 0.3) is 0 Å². The number of halogens is 2. The molecule has 106 valence electrons. The molecule has 0 amide bonds. The summed E-state index contributed by atoms with van der Waals surface area (Å²) in [6.45, 7) is 6.10. The summed E-state index contributed by atoms with van der Waals surface area (Å²) in [5.41, 5.74) is 2.28. The smallest absolute Gasteiger partial charge is 0.123 e. The first kappa shape index (κ1) is 14.8. The van der Waals surface area contributed by atoms with Crippen LogP contribution in [0.15, 0.2) is 18.2 Å². The Labute approximate surface area is 120 Å². The molecule has 2 rings (SSSR count). The summed E-state index contributed by atoms with van der Waals surface area (Å²) < 4.78 is 13.1. The summed E-state index contributed by atoms with van der Waals surface area (Å²) in [6.07, 6.45) is 4.83. The maximum absolute atomic E-state index is 13.1. The second kappa shape index (κ2) is 6.71. The molecule has 1 nitrogen and oxygen atoms in total. The fourth-order valence-electron chi connectivity index (χ4n) is 2.97. The highest BCUT2D eigenvalue weighted by Gasteiger charge is 2.23. The minimum Gasteiger partial charge on any atom is -0.296 e. The van der Waals surface area contributed by atoms with Crippen molar-refractivity contribution in [2.24, 2.45) is 0 Å². The van der Waals surface area contributed by atoms with Gasteiger partial charge in [-0.2, -0.15) is 0 Å². The van der Waals surface area contributed by atoms with E-state index < -0.39 is 0 Å². The summed E-state index contributed by atoms with van der Waals surface area (Å²) in [4.78, 5) is 2.52. The van der Waals surface area contributed by atoms with Crippen molar-refractivity contribution in [3.63, 3.8) is 0 Å². The number of hydrogen-bond donors (Lipinski definition) is 0. The highest BCUT2D eigenvalue weighted by Crippen LogP contribution is 2.25. The Morgan fingerprint density at radius 3 is 2.89 bits per heavy atom. The Balaban J connectivity index is 2.06.